The number of nitrogens with zero attached hydrogens (tertiary/aromatic N) is 1. The lowest BCUT2D eigenvalue weighted by atomic mass is 10.0. The first-order chi connectivity index (χ1) is 13.7. The summed E-state index contributed by atoms with van der Waals surface area (Å²) >= 11 is 6.04. The van der Waals surface area contributed by atoms with Crippen molar-refractivity contribution in [1.82, 2.24) is 10.3 Å². The molecule has 0 radical (unpaired) electrons. The second kappa shape index (κ2) is 8.11. The van der Waals surface area contributed by atoms with E-state index in [0.717, 1.165) is 27.9 Å². The van der Waals surface area contributed by atoms with Crippen LogP contribution in [-0.2, 0) is 6.54 Å². The van der Waals surface area contributed by atoms with Gasteiger partial charge in [0.25, 0.3) is 5.91 Å². The SMILES string of the molecule is O=C(NCc1ccc(-c2ccoc2)nc1)c1ccc(-c2cccc(Cl)c2)cc1. The number of benzene rings is 2. The number of pyridine rings is 1. The molecule has 4 aromatic rings. The van der Waals surface area contributed by atoms with Gasteiger partial charge in [0, 0.05) is 28.9 Å². The Morgan fingerprint density at radius 3 is 2.50 bits per heavy atom. The maximum Gasteiger partial charge on any atom is 0.251 e. The van der Waals surface area contributed by atoms with Crippen molar-refractivity contribution in [3.05, 3.63) is 102 Å². The smallest absolute Gasteiger partial charge is 0.251 e. The number of amides is 1. The molecular weight excluding hydrogens is 372 g/mol. The fourth-order valence-corrected chi connectivity index (χ4v) is 3.07. The molecule has 0 spiro atoms. The maximum absolute atomic E-state index is 12.4. The Morgan fingerprint density at radius 2 is 1.82 bits per heavy atom. The number of carbonyl (C=O) groups excluding carboxylic acids is 1. The summed E-state index contributed by atoms with van der Waals surface area (Å²) in [4.78, 5) is 16.8. The third-order valence-corrected chi connectivity index (χ3v) is 4.63. The Hall–Kier alpha value is -3.37. The highest BCUT2D eigenvalue weighted by Crippen LogP contribution is 2.23. The zero-order chi connectivity index (χ0) is 19.3. The molecule has 0 fully saturated rings. The Labute approximate surface area is 167 Å². The van der Waals surface area contributed by atoms with Crippen molar-refractivity contribution < 1.29 is 9.21 Å². The highest BCUT2D eigenvalue weighted by molar-refractivity contribution is 6.30. The third kappa shape index (κ3) is 4.13. The molecule has 28 heavy (non-hydrogen) atoms. The minimum atomic E-state index is -0.128. The number of furan rings is 1. The summed E-state index contributed by atoms with van der Waals surface area (Å²) in [7, 11) is 0. The molecule has 4 rings (SSSR count). The van der Waals surface area contributed by atoms with Gasteiger partial charge in [0.15, 0.2) is 0 Å². The van der Waals surface area contributed by atoms with Gasteiger partial charge in [-0.2, -0.15) is 0 Å². The van der Waals surface area contributed by atoms with Gasteiger partial charge in [0.2, 0.25) is 0 Å². The Morgan fingerprint density at radius 1 is 0.964 bits per heavy atom. The summed E-state index contributed by atoms with van der Waals surface area (Å²) in [5.74, 6) is -0.128. The van der Waals surface area contributed by atoms with Gasteiger partial charge in [-0.05, 0) is 53.1 Å². The summed E-state index contributed by atoms with van der Waals surface area (Å²) in [5.41, 5.74) is 5.32. The molecule has 0 bridgehead atoms. The molecule has 2 heterocycles. The summed E-state index contributed by atoms with van der Waals surface area (Å²) in [5, 5.41) is 3.61. The lowest BCUT2D eigenvalue weighted by Crippen LogP contribution is -2.22. The van der Waals surface area contributed by atoms with E-state index in [1.54, 1.807) is 18.7 Å². The van der Waals surface area contributed by atoms with E-state index in [4.69, 9.17) is 16.0 Å². The topological polar surface area (TPSA) is 55.1 Å². The summed E-state index contributed by atoms with van der Waals surface area (Å²) < 4.78 is 5.07. The molecule has 0 atom stereocenters. The molecule has 0 aliphatic carbocycles. The van der Waals surface area contributed by atoms with E-state index in [2.05, 4.69) is 10.3 Å². The molecule has 2 aromatic heterocycles. The fourth-order valence-electron chi connectivity index (χ4n) is 2.88. The molecule has 1 amide bonds. The first kappa shape index (κ1) is 18.0. The van der Waals surface area contributed by atoms with Crippen LogP contribution < -0.4 is 5.32 Å². The van der Waals surface area contributed by atoms with Crippen molar-refractivity contribution in [2.45, 2.75) is 6.54 Å². The molecule has 4 nitrogen and oxygen atoms in total. The lowest BCUT2D eigenvalue weighted by molar-refractivity contribution is 0.0951. The van der Waals surface area contributed by atoms with E-state index in [1.807, 2.05) is 66.7 Å². The quantitative estimate of drug-likeness (QED) is 0.484. The second-order valence-electron chi connectivity index (χ2n) is 6.33. The van der Waals surface area contributed by atoms with Crippen LogP contribution in [0.15, 0.2) is 89.9 Å². The molecular formula is C23H17ClN2O2. The average molecular weight is 389 g/mol. The van der Waals surface area contributed by atoms with Crippen LogP contribution >= 0.6 is 11.6 Å². The molecule has 1 N–H and O–H groups in total. The second-order valence-corrected chi connectivity index (χ2v) is 6.77. The van der Waals surface area contributed by atoms with E-state index in [1.165, 1.54) is 0 Å². The molecule has 0 aliphatic heterocycles. The Kier molecular flexibility index (Phi) is 5.22. The number of carbonyl (C=O) groups is 1. The number of aromatic nitrogens is 1. The predicted octanol–water partition coefficient (Wildman–Crippen LogP) is 5.59. The van der Waals surface area contributed by atoms with Crippen LogP contribution in [-0.4, -0.2) is 10.9 Å². The molecule has 0 saturated heterocycles. The van der Waals surface area contributed by atoms with Gasteiger partial charge in [-0.15, -0.1) is 0 Å². The number of halogens is 1. The van der Waals surface area contributed by atoms with Crippen LogP contribution in [0.4, 0.5) is 0 Å². The van der Waals surface area contributed by atoms with E-state index in [-0.39, 0.29) is 5.91 Å². The first-order valence-electron chi connectivity index (χ1n) is 8.81. The van der Waals surface area contributed by atoms with Crippen molar-refractivity contribution >= 4 is 17.5 Å². The van der Waals surface area contributed by atoms with Gasteiger partial charge >= 0.3 is 0 Å². The highest BCUT2D eigenvalue weighted by Gasteiger charge is 2.07. The van der Waals surface area contributed by atoms with E-state index >= 15 is 0 Å². The predicted molar refractivity (Wildman–Crippen MR) is 110 cm³/mol. The van der Waals surface area contributed by atoms with E-state index in [0.29, 0.717) is 17.1 Å². The van der Waals surface area contributed by atoms with Crippen molar-refractivity contribution in [3.8, 4) is 22.4 Å². The molecule has 0 aliphatic rings. The van der Waals surface area contributed by atoms with Crippen LogP contribution in [0.1, 0.15) is 15.9 Å². The molecule has 138 valence electrons. The molecule has 0 saturated carbocycles. The zero-order valence-electron chi connectivity index (χ0n) is 14.9. The van der Waals surface area contributed by atoms with Gasteiger partial charge in [-0.25, -0.2) is 0 Å². The van der Waals surface area contributed by atoms with E-state index < -0.39 is 0 Å². The largest absolute Gasteiger partial charge is 0.472 e. The van der Waals surface area contributed by atoms with Crippen LogP contribution in [0.5, 0.6) is 0 Å². The molecule has 5 heteroatoms. The van der Waals surface area contributed by atoms with Crippen molar-refractivity contribution in [1.29, 1.82) is 0 Å². The highest BCUT2D eigenvalue weighted by atomic mass is 35.5. The minimum absolute atomic E-state index is 0.128. The molecule has 0 unspecified atom stereocenters. The van der Waals surface area contributed by atoms with Gasteiger partial charge < -0.3 is 9.73 Å². The van der Waals surface area contributed by atoms with E-state index in [9.17, 15) is 4.79 Å². The van der Waals surface area contributed by atoms with Crippen LogP contribution in [0, 0.1) is 0 Å². The van der Waals surface area contributed by atoms with Gasteiger partial charge in [-0.1, -0.05) is 41.9 Å². The third-order valence-electron chi connectivity index (χ3n) is 4.40. The van der Waals surface area contributed by atoms with Crippen LogP contribution in [0.3, 0.4) is 0 Å². The normalized spacial score (nSPS) is 10.6. The fraction of sp³-hybridized carbons (Fsp3) is 0.0435. The summed E-state index contributed by atoms with van der Waals surface area (Å²) in [6, 6.07) is 20.8. The zero-order valence-corrected chi connectivity index (χ0v) is 15.7. The Balaban J connectivity index is 1.38. The maximum atomic E-state index is 12.4. The minimum Gasteiger partial charge on any atom is -0.472 e. The van der Waals surface area contributed by atoms with Gasteiger partial charge in [0.1, 0.15) is 0 Å². The van der Waals surface area contributed by atoms with Crippen molar-refractivity contribution in [2.24, 2.45) is 0 Å². The Bertz CT molecular complexity index is 1070. The summed E-state index contributed by atoms with van der Waals surface area (Å²) in [6.45, 7) is 0.410. The monoisotopic (exact) mass is 388 g/mol. The van der Waals surface area contributed by atoms with Crippen molar-refractivity contribution in [3.63, 3.8) is 0 Å². The number of hydrogen-bond acceptors (Lipinski definition) is 3. The van der Waals surface area contributed by atoms with Gasteiger partial charge in [0.05, 0.1) is 18.2 Å². The number of nitrogens with one attached hydrogen (secondary N) is 1. The van der Waals surface area contributed by atoms with Crippen LogP contribution in [0.25, 0.3) is 22.4 Å². The average Bonchev–Trinajstić information content (AvgIpc) is 3.27. The first-order valence-corrected chi connectivity index (χ1v) is 9.18. The molecule has 2 aromatic carbocycles. The summed E-state index contributed by atoms with van der Waals surface area (Å²) in [6.07, 6.45) is 5.02. The van der Waals surface area contributed by atoms with Crippen molar-refractivity contribution in [2.75, 3.05) is 0 Å². The number of rotatable bonds is 5. The standard InChI is InChI=1S/C23H17ClN2O2/c24-21-3-1-2-19(12-21)17-5-7-18(8-6-17)23(27)26-14-16-4-9-22(25-13-16)20-10-11-28-15-20/h1-13,15H,14H2,(H,26,27). The van der Waals surface area contributed by atoms with Gasteiger partial charge in [-0.3, -0.25) is 9.78 Å². The lowest BCUT2D eigenvalue weighted by Gasteiger charge is -2.07. The number of hydrogen-bond donors (Lipinski definition) is 1. The van der Waals surface area contributed by atoms with Crippen LogP contribution in [0.2, 0.25) is 5.02 Å².